The molecule has 0 spiro atoms. The average Bonchev–Trinajstić information content (AvgIpc) is 2.69. The molecule has 29 heavy (non-hydrogen) atoms. The Morgan fingerprint density at radius 3 is 1.93 bits per heavy atom. The van der Waals surface area contributed by atoms with E-state index in [9.17, 15) is 14.4 Å². The molecule has 1 aromatic rings. The van der Waals surface area contributed by atoms with Gasteiger partial charge in [-0.3, -0.25) is 25.2 Å². The van der Waals surface area contributed by atoms with Gasteiger partial charge in [0.05, 0.1) is 13.1 Å². The molecule has 0 unspecified atom stereocenters. The molecule has 0 aromatic heterocycles. The smallest absolute Gasteiger partial charge is 0.257 e. The zero-order valence-corrected chi connectivity index (χ0v) is 16.9. The van der Waals surface area contributed by atoms with Gasteiger partial charge in [0, 0.05) is 11.1 Å². The number of hydrazine groups is 1. The average molecular weight is 399 g/mol. The van der Waals surface area contributed by atoms with Crippen LogP contribution in [0.25, 0.3) is 0 Å². The number of benzene rings is 1. The summed E-state index contributed by atoms with van der Waals surface area (Å²) in [5.74, 6) is 1.28. The summed E-state index contributed by atoms with van der Waals surface area (Å²) in [7, 11) is 0. The van der Waals surface area contributed by atoms with Gasteiger partial charge in [-0.1, -0.05) is 17.7 Å². The lowest BCUT2D eigenvalue weighted by atomic mass is 9.49. The molecule has 0 aliphatic heterocycles. The third kappa shape index (κ3) is 4.54. The van der Waals surface area contributed by atoms with Crippen LogP contribution in [0.15, 0.2) is 24.3 Å². The van der Waals surface area contributed by atoms with Crippen LogP contribution in [0.5, 0.6) is 0 Å². The van der Waals surface area contributed by atoms with Crippen molar-refractivity contribution in [3.63, 3.8) is 0 Å². The van der Waals surface area contributed by atoms with Crippen LogP contribution in [0.2, 0.25) is 0 Å². The number of nitrogens with one attached hydrogen (secondary N) is 4. The second kappa shape index (κ2) is 8.05. The van der Waals surface area contributed by atoms with E-state index in [1.165, 1.54) is 19.3 Å². The molecule has 0 radical (unpaired) electrons. The molecule has 1 aromatic carbocycles. The lowest BCUT2D eigenvalue weighted by molar-refractivity contribution is -0.147. The Balaban J connectivity index is 1.17. The van der Waals surface area contributed by atoms with Crippen molar-refractivity contribution in [2.45, 2.75) is 45.4 Å². The molecule has 4 aliphatic carbocycles. The van der Waals surface area contributed by atoms with Crippen LogP contribution in [0, 0.1) is 30.1 Å². The summed E-state index contributed by atoms with van der Waals surface area (Å²) >= 11 is 0. The number of amides is 3. The first-order chi connectivity index (χ1) is 13.9. The molecule has 5 rings (SSSR count). The topological polar surface area (TPSA) is 99.3 Å². The van der Waals surface area contributed by atoms with Crippen LogP contribution < -0.4 is 21.5 Å². The van der Waals surface area contributed by atoms with Crippen LogP contribution in [-0.4, -0.2) is 30.8 Å². The van der Waals surface area contributed by atoms with Crippen molar-refractivity contribution < 1.29 is 14.4 Å². The fourth-order valence-electron chi connectivity index (χ4n) is 5.82. The van der Waals surface area contributed by atoms with Crippen LogP contribution in [0.1, 0.15) is 44.1 Å². The summed E-state index contributed by atoms with van der Waals surface area (Å²) in [4.78, 5) is 36.7. The molecule has 3 amide bonds. The van der Waals surface area contributed by atoms with Gasteiger partial charge in [0.1, 0.15) is 0 Å². The van der Waals surface area contributed by atoms with Gasteiger partial charge in [0.15, 0.2) is 0 Å². The normalized spacial score (nSPS) is 29.2. The van der Waals surface area contributed by atoms with E-state index >= 15 is 0 Å². The second-order valence-electron chi connectivity index (χ2n) is 9.20. The van der Waals surface area contributed by atoms with Crippen molar-refractivity contribution in [3.8, 4) is 0 Å². The van der Waals surface area contributed by atoms with Crippen molar-refractivity contribution in [2.24, 2.45) is 23.2 Å². The van der Waals surface area contributed by atoms with E-state index in [-0.39, 0.29) is 30.3 Å². The fourth-order valence-corrected chi connectivity index (χ4v) is 5.82. The van der Waals surface area contributed by atoms with E-state index in [0.29, 0.717) is 17.8 Å². The Kier molecular flexibility index (Phi) is 5.48. The molecule has 156 valence electrons. The molecule has 0 atom stereocenters. The Labute approximate surface area is 171 Å². The Hall–Kier alpha value is -2.57. The quantitative estimate of drug-likeness (QED) is 0.550. The number of rotatable bonds is 6. The zero-order chi connectivity index (χ0) is 20.4. The summed E-state index contributed by atoms with van der Waals surface area (Å²) in [6, 6.07) is 7.69. The first-order valence-corrected chi connectivity index (χ1v) is 10.6. The van der Waals surface area contributed by atoms with E-state index in [1.807, 2.05) is 31.2 Å². The number of hydrogen-bond donors (Lipinski definition) is 4. The summed E-state index contributed by atoms with van der Waals surface area (Å²) in [6.45, 7) is 1.92. The maximum Gasteiger partial charge on any atom is 0.257 e. The van der Waals surface area contributed by atoms with Crippen molar-refractivity contribution >= 4 is 23.4 Å². The molecular weight excluding hydrogens is 368 g/mol. The van der Waals surface area contributed by atoms with Crippen molar-refractivity contribution in [1.29, 1.82) is 0 Å². The molecule has 7 nitrogen and oxygen atoms in total. The predicted molar refractivity (Wildman–Crippen MR) is 110 cm³/mol. The molecule has 4 bridgehead atoms. The lowest BCUT2D eigenvalue weighted by Crippen LogP contribution is -2.55. The van der Waals surface area contributed by atoms with E-state index in [1.54, 1.807) is 0 Å². The maximum absolute atomic E-state index is 12.8. The highest BCUT2D eigenvalue weighted by Gasteiger charge is 2.54. The van der Waals surface area contributed by atoms with Crippen molar-refractivity contribution in [1.82, 2.24) is 16.2 Å². The van der Waals surface area contributed by atoms with Crippen LogP contribution in [0.3, 0.4) is 0 Å². The van der Waals surface area contributed by atoms with Gasteiger partial charge < -0.3 is 10.6 Å². The van der Waals surface area contributed by atoms with Gasteiger partial charge in [-0.2, -0.15) is 0 Å². The number of aryl methyl sites for hydroxylation is 1. The molecule has 4 fully saturated rings. The van der Waals surface area contributed by atoms with Gasteiger partial charge in [0.2, 0.25) is 5.91 Å². The summed E-state index contributed by atoms with van der Waals surface area (Å²) in [5.41, 5.74) is 6.44. The molecule has 0 saturated heterocycles. The van der Waals surface area contributed by atoms with Gasteiger partial charge in [-0.25, -0.2) is 0 Å². The number of anilines is 1. The first-order valence-electron chi connectivity index (χ1n) is 10.6. The standard InChI is InChI=1S/C22H30N4O3/c1-14-2-4-18(5-3-14)23-12-19(27)25-26-20(28)13-24-21(29)22-9-15-6-16(10-22)8-17(7-15)11-22/h2-5,15-17,23H,6-13H2,1H3,(H,24,29)(H,25,27)(H,26,28). The van der Waals surface area contributed by atoms with Crippen LogP contribution >= 0.6 is 0 Å². The summed E-state index contributed by atoms with van der Waals surface area (Å²) in [5, 5.41) is 5.80. The van der Waals surface area contributed by atoms with E-state index in [2.05, 4.69) is 21.5 Å². The minimum absolute atomic E-state index is 0.0131. The first kappa shape index (κ1) is 19.7. The largest absolute Gasteiger partial charge is 0.376 e. The minimum atomic E-state index is -0.424. The Morgan fingerprint density at radius 2 is 1.38 bits per heavy atom. The van der Waals surface area contributed by atoms with Gasteiger partial charge in [-0.15, -0.1) is 0 Å². The monoisotopic (exact) mass is 398 g/mol. The van der Waals surface area contributed by atoms with Crippen LogP contribution in [0.4, 0.5) is 5.69 Å². The second-order valence-corrected chi connectivity index (χ2v) is 9.20. The van der Waals surface area contributed by atoms with E-state index in [4.69, 9.17) is 0 Å². The number of hydrogen-bond acceptors (Lipinski definition) is 4. The van der Waals surface area contributed by atoms with Crippen molar-refractivity contribution in [2.75, 3.05) is 18.4 Å². The minimum Gasteiger partial charge on any atom is -0.376 e. The summed E-state index contributed by atoms with van der Waals surface area (Å²) < 4.78 is 0. The van der Waals surface area contributed by atoms with Crippen molar-refractivity contribution in [3.05, 3.63) is 29.8 Å². The number of carbonyl (C=O) groups is 3. The maximum atomic E-state index is 12.8. The molecule has 4 saturated carbocycles. The highest BCUT2D eigenvalue weighted by atomic mass is 16.2. The molecule has 7 heteroatoms. The predicted octanol–water partition coefficient (Wildman–Crippen LogP) is 1.89. The highest BCUT2D eigenvalue weighted by molar-refractivity contribution is 5.89. The van der Waals surface area contributed by atoms with Crippen LogP contribution in [-0.2, 0) is 14.4 Å². The fraction of sp³-hybridized carbons (Fsp3) is 0.591. The molecule has 4 aliphatic rings. The highest BCUT2D eigenvalue weighted by Crippen LogP contribution is 2.60. The third-order valence-corrected chi connectivity index (χ3v) is 6.78. The Bertz CT molecular complexity index is 754. The Morgan fingerprint density at radius 1 is 0.862 bits per heavy atom. The third-order valence-electron chi connectivity index (χ3n) is 6.78. The van der Waals surface area contributed by atoms with Gasteiger partial charge in [-0.05, 0) is 75.3 Å². The lowest BCUT2D eigenvalue weighted by Gasteiger charge is -2.55. The van der Waals surface area contributed by atoms with E-state index < -0.39 is 5.91 Å². The van der Waals surface area contributed by atoms with Gasteiger partial charge >= 0.3 is 0 Å². The SMILES string of the molecule is Cc1ccc(NCC(=O)NNC(=O)CNC(=O)C23CC4CC(CC(C4)C2)C3)cc1. The zero-order valence-electron chi connectivity index (χ0n) is 16.9. The molecule has 0 heterocycles. The van der Waals surface area contributed by atoms with E-state index in [0.717, 1.165) is 30.5 Å². The number of carbonyl (C=O) groups excluding carboxylic acids is 3. The van der Waals surface area contributed by atoms with Gasteiger partial charge in [0.25, 0.3) is 11.8 Å². The molecule has 4 N–H and O–H groups in total. The molecular formula is C22H30N4O3. The summed E-state index contributed by atoms with van der Waals surface area (Å²) in [6.07, 6.45) is 6.72.